The summed E-state index contributed by atoms with van der Waals surface area (Å²) in [5.41, 5.74) is -0.0808. The van der Waals surface area contributed by atoms with Crippen LogP contribution in [0, 0.1) is 0 Å². The second-order valence-corrected chi connectivity index (χ2v) is 9.41. The van der Waals surface area contributed by atoms with E-state index in [2.05, 4.69) is 15.2 Å². The fraction of sp³-hybridized carbons (Fsp3) is 0.842. The minimum absolute atomic E-state index is 0.173. The highest BCUT2D eigenvalue weighted by Crippen LogP contribution is 2.36. The summed E-state index contributed by atoms with van der Waals surface area (Å²) in [5.74, 6) is 0.248. The lowest BCUT2D eigenvalue weighted by atomic mass is 9.79. The van der Waals surface area contributed by atoms with E-state index in [9.17, 15) is 25.2 Å². The van der Waals surface area contributed by atoms with Crippen molar-refractivity contribution in [2.24, 2.45) is 0 Å². The fourth-order valence-corrected chi connectivity index (χ4v) is 4.62. The van der Waals surface area contributed by atoms with Crippen LogP contribution < -0.4 is 0 Å². The lowest BCUT2D eigenvalue weighted by Gasteiger charge is -2.51. The minimum Gasteiger partial charge on any atom is -0.394 e. The number of aromatic nitrogens is 3. The molecular weight excluding hydrogens is 380 g/mol. The third-order valence-electron chi connectivity index (χ3n) is 5.99. The van der Waals surface area contributed by atoms with E-state index in [4.69, 9.17) is 4.74 Å². The Morgan fingerprint density at radius 3 is 2.24 bits per heavy atom. The molecule has 0 aromatic carbocycles. The van der Waals surface area contributed by atoms with Gasteiger partial charge >= 0.3 is 0 Å². The van der Waals surface area contributed by atoms with Crippen LogP contribution in [0.3, 0.4) is 0 Å². The Bertz CT molecular complexity index is 714. The van der Waals surface area contributed by atoms with E-state index in [-0.39, 0.29) is 23.3 Å². The largest absolute Gasteiger partial charge is 0.394 e. The van der Waals surface area contributed by atoms with Crippen molar-refractivity contribution >= 4 is 5.78 Å². The number of likely N-dealkylation sites (tertiary alicyclic amines) is 1. The number of ether oxygens (including phenoxy) is 1. The Morgan fingerprint density at radius 1 is 1.07 bits per heavy atom. The number of carbonyl (C=O) groups excluding carboxylic acids is 1. The number of hydrogen-bond acceptors (Lipinski definition) is 9. The molecule has 0 radical (unpaired) electrons. The zero-order valence-corrected chi connectivity index (χ0v) is 17.4. The molecule has 10 heteroatoms. The molecule has 4 N–H and O–H groups in total. The van der Waals surface area contributed by atoms with Crippen LogP contribution in [-0.2, 0) is 22.6 Å². The van der Waals surface area contributed by atoms with Gasteiger partial charge in [-0.2, -0.15) is 0 Å². The first-order chi connectivity index (χ1) is 13.4. The average molecular weight is 412 g/mol. The molecule has 0 bridgehead atoms. The number of aliphatic hydroxyl groups is 4. The lowest BCUT2D eigenvalue weighted by Crippen LogP contribution is -2.61. The molecule has 0 unspecified atom stereocenters. The highest BCUT2D eigenvalue weighted by Gasteiger charge is 2.45. The van der Waals surface area contributed by atoms with Crippen molar-refractivity contribution < 1.29 is 30.0 Å². The molecule has 3 rings (SSSR count). The number of aliphatic hydroxyl groups excluding tert-OH is 4. The third kappa shape index (κ3) is 4.52. The van der Waals surface area contributed by atoms with Gasteiger partial charge in [0.05, 0.1) is 31.3 Å². The second kappa shape index (κ2) is 8.01. The van der Waals surface area contributed by atoms with E-state index >= 15 is 0 Å². The zero-order chi connectivity index (χ0) is 21.6. The third-order valence-corrected chi connectivity index (χ3v) is 5.99. The first-order valence-electron chi connectivity index (χ1n) is 9.93. The van der Waals surface area contributed by atoms with Crippen LogP contribution in [0.2, 0.25) is 0 Å². The molecule has 2 aliphatic heterocycles. The molecule has 164 valence electrons. The summed E-state index contributed by atoms with van der Waals surface area (Å²) in [5, 5.41) is 47.6. The number of Topliss-reactive ketones (excluding diaryl/α,β-unsaturated/α-hetero) is 1. The number of piperidine rings is 1. The van der Waals surface area contributed by atoms with E-state index in [1.54, 1.807) is 10.9 Å². The molecule has 0 spiro atoms. The molecule has 0 amide bonds. The maximum absolute atomic E-state index is 12.1. The Kier molecular flexibility index (Phi) is 6.15. The molecule has 5 atom stereocenters. The molecule has 3 heterocycles. The molecule has 10 nitrogen and oxygen atoms in total. The fourth-order valence-electron chi connectivity index (χ4n) is 4.62. The molecule has 2 fully saturated rings. The maximum Gasteiger partial charge on any atom is 0.136 e. The van der Waals surface area contributed by atoms with Crippen LogP contribution in [0.1, 0.15) is 46.2 Å². The van der Waals surface area contributed by atoms with Gasteiger partial charge in [0.15, 0.2) is 0 Å². The molecule has 1 aromatic rings. The van der Waals surface area contributed by atoms with Crippen molar-refractivity contribution in [3.05, 3.63) is 11.9 Å². The summed E-state index contributed by atoms with van der Waals surface area (Å²) in [6.45, 7) is 8.14. The predicted molar refractivity (Wildman–Crippen MR) is 102 cm³/mol. The van der Waals surface area contributed by atoms with Crippen LogP contribution >= 0.6 is 0 Å². The van der Waals surface area contributed by atoms with Crippen LogP contribution in [0.5, 0.6) is 0 Å². The van der Waals surface area contributed by atoms with Gasteiger partial charge in [0.2, 0.25) is 0 Å². The van der Waals surface area contributed by atoms with Gasteiger partial charge in [-0.05, 0) is 27.7 Å². The molecule has 0 aliphatic carbocycles. The molecule has 2 saturated heterocycles. The van der Waals surface area contributed by atoms with Gasteiger partial charge in [0.1, 0.15) is 30.2 Å². The van der Waals surface area contributed by atoms with Crippen LogP contribution in [-0.4, -0.2) is 94.3 Å². The summed E-state index contributed by atoms with van der Waals surface area (Å²) in [7, 11) is 0. The van der Waals surface area contributed by atoms with E-state index < -0.39 is 37.1 Å². The van der Waals surface area contributed by atoms with E-state index in [1.807, 2.05) is 27.7 Å². The van der Waals surface area contributed by atoms with Gasteiger partial charge in [-0.25, -0.2) is 4.68 Å². The van der Waals surface area contributed by atoms with E-state index in [0.717, 1.165) is 0 Å². The minimum atomic E-state index is -1.41. The van der Waals surface area contributed by atoms with Crippen molar-refractivity contribution in [3.63, 3.8) is 0 Å². The molecular formula is C19H32N4O6. The first kappa shape index (κ1) is 22.3. The van der Waals surface area contributed by atoms with Crippen molar-refractivity contribution in [1.82, 2.24) is 19.9 Å². The number of carbonyl (C=O) groups is 1. The van der Waals surface area contributed by atoms with Crippen LogP contribution in [0.25, 0.3) is 0 Å². The topological polar surface area (TPSA) is 141 Å². The van der Waals surface area contributed by atoms with Gasteiger partial charge in [0.25, 0.3) is 0 Å². The summed E-state index contributed by atoms with van der Waals surface area (Å²) in [4.78, 5) is 14.3. The number of nitrogens with zero attached hydrogens (tertiary/aromatic N) is 4. The quantitative estimate of drug-likeness (QED) is 0.471. The predicted octanol–water partition coefficient (Wildman–Crippen LogP) is -1.16. The second-order valence-electron chi connectivity index (χ2n) is 9.41. The summed E-state index contributed by atoms with van der Waals surface area (Å²) < 4.78 is 7.22. The molecule has 29 heavy (non-hydrogen) atoms. The molecule has 2 aliphatic rings. The van der Waals surface area contributed by atoms with Gasteiger partial charge in [-0.1, -0.05) is 5.21 Å². The summed E-state index contributed by atoms with van der Waals surface area (Å²) >= 11 is 0. The summed E-state index contributed by atoms with van der Waals surface area (Å²) in [6.07, 6.45) is -3.00. The SMILES string of the molecule is CC1(C)CC(=O)CC(C)(C)N1Cn1cc(C[C@@H]2O[C@H](CO)[C@@H](O)[C@H](O)[C@H]2O)nn1. The Morgan fingerprint density at radius 2 is 1.66 bits per heavy atom. The maximum atomic E-state index is 12.1. The zero-order valence-electron chi connectivity index (χ0n) is 17.4. The van der Waals surface area contributed by atoms with Gasteiger partial charge in [-0.15, -0.1) is 5.10 Å². The van der Waals surface area contributed by atoms with E-state index in [0.29, 0.717) is 25.2 Å². The molecule has 1 aromatic heterocycles. The Labute approximate surface area is 170 Å². The number of rotatable bonds is 5. The van der Waals surface area contributed by atoms with E-state index in [1.165, 1.54) is 0 Å². The highest BCUT2D eigenvalue weighted by molar-refractivity contribution is 5.81. The molecule has 0 saturated carbocycles. The normalized spacial score (nSPS) is 35.0. The monoisotopic (exact) mass is 412 g/mol. The smallest absolute Gasteiger partial charge is 0.136 e. The standard InChI is InChI=1S/C19H32N4O6/c1-18(2)6-12(25)7-19(3,4)23(18)10-22-8-11(20-21-22)5-13-15(26)17(28)16(27)14(9-24)29-13/h8,13-17,24,26-28H,5-7,9-10H2,1-4H3/t13-,14+,15-,16+,17+/m0/s1. The number of hydrogen-bond donors (Lipinski definition) is 4. The van der Waals surface area contributed by atoms with Gasteiger partial charge in [-0.3, -0.25) is 9.69 Å². The van der Waals surface area contributed by atoms with Crippen molar-refractivity contribution in [2.45, 2.75) is 95.2 Å². The summed E-state index contributed by atoms with van der Waals surface area (Å²) in [6, 6.07) is 0. The van der Waals surface area contributed by atoms with Crippen molar-refractivity contribution in [2.75, 3.05) is 6.61 Å². The lowest BCUT2D eigenvalue weighted by molar-refractivity contribution is -0.228. The van der Waals surface area contributed by atoms with Crippen LogP contribution in [0.4, 0.5) is 0 Å². The van der Waals surface area contributed by atoms with Gasteiger partial charge < -0.3 is 25.2 Å². The van der Waals surface area contributed by atoms with Crippen molar-refractivity contribution in [3.8, 4) is 0 Å². The van der Waals surface area contributed by atoms with Crippen molar-refractivity contribution in [1.29, 1.82) is 0 Å². The Hall–Kier alpha value is -1.43. The average Bonchev–Trinajstić information content (AvgIpc) is 3.05. The number of ketones is 1. The highest BCUT2D eigenvalue weighted by atomic mass is 16.5. The first-order valence-corrected chi connectivity index (χ1v) is 9.93. The van der Waals surface area contributed by atoms with Gasteiger partial charge in [0, 0.05) is 30.3 Å². The van der Waals surface area contributed by atoms with Crippen LogP contribution in [0.15, 0.2) is 6.20 Å². The Balaban J connectivity index is 1.70.